The van der Waals surface area contributed by atoms with E-state index in [4.69, 9.17) is 4.42 Å². The molecule has 2 heterocycles. The second-order valence-electron chi connectivity index (χ2n) is 5.28. The molecular weight excluding hydrogens is 290 g/mol. The Bertz CT molecular complexity index is 793. The SMILES string of the molecule is CN(C)c1ccc(NC(=O)c2occc2-c2ccccc2)cn1. The number of anilines is 2. The van der Waals surface area contributed by atoms with Crippen molar-refractivity contribution < 1.29 is 9.21 Å². The summed E-state index contributed by atoms with van der Waals surface area (Å²) in [7, 11) is 3.82. The first-order valence-corrected chi connectivity index (χ1v) is 7.23. The van der Waals surface area contributed by atoms with Crippen LogP contribution < -0.4 is 10.2 Å². The van der Waals surface area contributed by atoms with Gasteiger partial charge in [0.15, 0.2) is 5.76 Å². The van der Waals surface area contributed by atoms with E-state index in [1.54, 1.807) is 12.3 Å². The Kier molecular flexibility index (Phi) is 4.10. The van der Waals surface area contributed by atoms with Gasteiger partial charge in [0.2, 0.25) is 0 Å². The van der Waals surface area contributed by atoms with Crippen molar-refractivity contribution in [2.75, 3.05) is 24.3 Å². The molecular formula is C18H17N3O2. The lowest BCUT2D eigenvalue weighted by molar-refractivity contribution is 0.0997. The number of carbonyl (C=O) groups is 1. The third-order valence-corrected chi connectivity index (χ3v) is 3.42. The number of pyridine rings is 1. The minimum absolute atomic E-state index is 0.285. The number of furan rings is 1. The van der Waals surface area contributed by atoms with Gasteiger partial charge in [-0.25, -0.2) is 4.98 Å². The Morgan fingerprint density at radius 3 is 2.52 bits per heavy atom. The molecule has 0 unspecified atom stereocenters. The Morgan fingerprint density at radius 2 is 1.87 bits per heavy atom. The Hall–Kier alpha value is -3.08. The van der Waals surface area contributed by atoms with E-state index >= 15 is 0 Å². The maximum atomic E-state index is 12.4. The quantitative estimate of drug-likeness (QED) is 0.799. The maximum absolute atomic E-state index is 12.4. The topological polar surface area (TPSA) is 58.4 Å². The first-order valence-electron chi connectivity index (χ1n) is 7.23. The summed E-state index contributed by atoms with van der Waals surface area (Å²) in [6, 6.07) is 15.1. The number of hydrogen-bond donors (Lipinski definition) is 1. The van der Waals surface area contributed by atoms with Crippen LogP contribution in [0.15, 0.2) is 65.4 Å². The number of carbonyl (C=O) groups excluding carboxylic acids is 1. The molecule has 0 atom stereocenters. The zero-order valence-corrected chi connectivity index (χ0v) is 13.0. The molecule has 2 aromatic heterocycles. The van der Waals surface area contributed by atoms with E-state index in [0.717, 1.165) is 16.9 Å². The standard InChI is InChI=1S/C18H17N3O2/c1-21(2)16-9-8-14(12-19-16)20-18(22)17-15(10-11-23-17)13-6-4-3-5-7-13/h3-12H,1-2H3,(H,20,22). The first kappa shape index (κ1) is 14.8. The highest BCUT2D eigenvalue weighted by atomic mass is 16.3. The van der Waals surface area contributed by atoms with Crippen molar-refractivity contribution in [3.63, 3.8) is 0 Å². The van der Waals surface area contributed by atoms with Crippen LogP contribution in [-0.4, -0.2) is 25.0 Å². The molecule has 0 aliphatic carbocycles. The molecule has 3 aromatic rings. The molecule has 23 heavy (non-hydrogen) atoms. The molecule has 0 aliphatic rings. The summed E-state index contributed by atoms with van der Waals surface area (Å²) in [6.07, 6.45) is 3.14. The van der Waals surface area contributed by atoms with E-state index in [1.807, 2.05) is 61.5 Å². The van der Waals surface area contributed by atoms with Crippen LogP contribution in [0.2, 0.25) is 0 Å². The predicted molar refractivity (Wildman–Crippen MR) is 90.7 cm³/mol. The van der Waals surface area contributed by atoms with Crippen LogP contribution in [0.3, 0.4) is 0 Å². The zero-order valence-electron chi connectivity index (χ0n) is 13.0. The lowest BCUT2D eigenvalue weighted by atomic mass is 10.1. The van der Waals surface area contributed by atoms with Crippen molar-refractivity contribution in [1.29, 1.82) is 0 Å². The Labute approximate surface area is 134 Å². The van der Waals surface area contributed by atoms with Crippen molar-refractivity contribution in [1.82, 2.24) is 4.98 Å². The van der Waals surface area contributed by atoms with E-state index in [9.17, 15) is 4.79 Å². The minimum Gasteiger partial charge on any atom is -0.459 e. The summed E-state index contributed by atoms with van der Waals surface area (Å²) < 4.78 is 5.37. The smallest absolute Gasteiger partial charge is 0.292 e. The average Bonchev–Trinajstić information content (AvgIpc) is 3.06. The molecule has 0 spiro atoms. The number of hydrogen-bond acceptors (Lipinski definition) is 4. The summed E-state index contributed by atoms with van der Waals surface area (Å²) in [4.78, 5) is 18.6. The van der Waals surface area contributed by atoms with E-state index in [2.05, 4.69) is 10.3 Å². The molecule has 0 bridgehead atoms. The van der Waals surface area contributed by atoms with Crippen LogP contribution in [0.4, 0.5) is 11.5 Å². The molecule has 116 valence electrons. The van der Waals surface area contributed by atoms with Crippen molar-refractivity contribution in [3.05, 3.63) is 66.8 Å². The van der Waals surface area contributed by atoms with Gasteiger partial charge in [-0.2, -0.15) is 0 Å². The van der Waals surface area contributed by atoms with Crippen molar-refractivity contribution in [2.45, 2.75) is 0 Å². The van der Waals surface area contributed by atoms with Gasteiger partial charge >= 0.3 is 0 Å². The molecule has 0 saturated carbocycles. The van der Waals surface area contributed by atoms with Gasteiger partial charge in [-0.15, -0.1) is 0 Å². The van der Waals surface area contributed by atoms with Crippen molar-refractivity contribution >= 4 is 17.4 Å². The average molecular weight is 307 g/mol. The number of nitrogens with one attached hydrogen (secondary N) is 1. The fourth-order valence-corrected chi connectivity index (χ4v) is 2.24. The van der Waals surface area contributed by atoms with Crippen molar-refractivity contribution in [2.24, 2.45) is 0 Å². The van der Waals surface area contributed by atoms with E-state index in [1.165, 1.54) is 6.26 Å². The molecule has 5 heteroatoms. The largest absolute Gasteiger partial charge is 0.459 e. The van der Waals surface area contributed by atoms with E-state index in [-0.39, 0.29) is 11.7 Å². The highest BCUT2D eigenvalue weighted by Gasteiger charge is 2.17. The van der Waals surface area contributed by atoms with E-state index < -0.39 is 0 Å². The van der Waals surface area contributed by atoms with Gasteiger partial charge in [0.05, 0.1) is 18.1 Å². The molecule has 0 saturated heterocycles. The zero-order chi connectivity index (χ0) is 16.2. The minimum atomic E-state index is -0.298. The van der Waals surface area contributed by atoms with Gasteiger partial charge in [-0.3, -0.25) is 4.79 Å². The molecule has 0 aliphatic heterocycles. The van der Waals surface area contributed by atoms with Crippen LogP contribution in [0.25, 0.3) is 11.1 Å². The highest BCUT2D eigenvalue weighted by Crippen LogP contribution is 2.25. The Balaban J connectivity index is 1.81. The van der Waals surface area contributed by atoms with Crippen LogP contribution in [0.1, 0.15) is 10.6 Å². The number of amides is 1. The molecule has 1 aromatic carbocycles. The van der Waals surface area contributed by atoms with Crippen LogP contribution in [0, 0.1) is 0 Å². The van der Waals surface area contributed by atoms with Crippen molar-refractivity contribution in [3.8, 4) is 11.1 Å². The lowest BCUT2D eigenvalue weighted by Gasteiger charge is -2.11. The third kappa shape index (κ3) is 3.23. The highest BCUT2D eigenvalue weighted by molar-refractivity contribution is 6.06. The summed E-state index contributed by atoms with van der Waals surface area (Å²) in [5.74, 6) is 0.812. The summed E-state index contributed by atoms with van der Waals surface area (Å²) in [6.45, 7) is 0. The molecule has 1 amide bonds. The lowest BCUT2D eigenvalue weighted by Crippen LogP contribution is -2.13. The molecule has 5 nitrogen and oxygen atoms in total. The monoisotopic (exact) mass is 307 g/mol. The molecule has 1 N–H and O–H groups in total. The number of aromatic nitrogens is 1. The molecule has 0 fully saturated rings. The maximum Gasteiger partial charge on any atom is 0.292 e. The number of nitrogens with zero attached hydrogens (tertiary/aromatic N) is 2. The van der Waals surface area contributed by atoms with Crippen LogP contribution >= 0.6 is 0 Å². The second-order valence-corrected chi connectivity index (χ2v) is 5.28. The Morgan fingerprint density at radius 1 is 1.09 bits per heavy atom. The van der Waals surface area contributed by atoms with E-state index in [0.29, 0.717) is 5.69 Å². The summed E-state index contributed by atoms with van der Waals surface area (Å²) in [5, 5.41) is 2.81. The van der Waals surface area contributed by atoms with Crippen LogP contribution in [0.5, 0.6) is 0 Å². The number of rotatable bonds is 4. The number of benzene rings is 1. The fourth-order valence-electron chi connectivity index (χ4n) is 2.24. The van der Waals surface area contributed by atoms with Gasteiger partial charge in [0.1, 0.15) is 5.82 Å². The van der Waals surface area contributed by atoms with Gasteiger partial charge in [0.25, 0.3) is 5.91 Å². The molecule has 3 rings (SSSR count). The fraction of sp³-hybridized carbons (Fsp3) is 0.111. The molecule has 0 radical (unpaired) electrons. The second kappa shape index (κ2) is 6.36. The normalized spacial score (nSPS) is 10.3. The first-order chi connectivity index (χ1) is 11.1. The van der Waals surface area contributed by atoms with Gasteiger partial charge in [-0.1, -0.05) is 30.3 Å². The third-order valence-electron chi connectivity index (χ3n) is 3.42. The summed E-state index contributed by atoms with van der Waals surface area (Å²) >= 11 is 0. The van der Waals surface area contributed by atoms with Crippen LogP contribution in [-0.2, 0) is 0 Å². The predicted octanol–water partition coefficient (Wildman–Crippen LogP) is 3.66. The van der Waals surface area contributed by atoms with Gasteiger partial charge in [0, 0.05) is 19.7 Å². The van der Waals surface area contributed by atoms with Gasteiger partial charge in [-0.05, 0) is 23.8 Å². The van der Waals surface area contributed by atoms with Gasteiger partial charge < -0.3 is 14.6 Å². The summed E-state index contributed by atoms with van der Waals surface area (Å²) in [5.41, 5.74) is 2.32.